The lowest BCUT2D eigenvalue weighted by Crippen LogP contribution is -2.41. The number of nitrogens with one attached hydrogen (secondary N) is 2. The van der Waals surface area contributed by atoms with Crippen molar-refractivity contribution in [3.8, 4) is 11.5 Å². The molecule has 0 saturated carbocycles. The summed E-state index contributed by atoms with van der Waals surface area (Å²) in [6.45, 7) is 1.69. The Balaban J connectivity index is 1.90. The topological polar surface area (TPSA) is 85.9 Å². The second-order valence-corrected chi connectivity index (χ2v) is 5.48. The molecule has 2 N–H and O–H groups in total. The summed E-state index contributed by atoms with van der Waals surface area (Å²) < 4.78 is 15.5. The molecule has 0 fully saturated rings. The van der Waals surface area contributed by atoms with Crippen molar-refractivity contribution in [1.29, 1.82) is 0 Å². The van der Waals surface area contributed by atoms with Crippen LogP contribution in [0.1, 0.15) is 12.5 Å². The number of carbonyl (C=O) groups is 2. The summed E-state index contributed by atoms with van der Waals surface area (Å²) in [6.07, 6.45) is -0.672. The minimum atomic E-state index is -0.797. The Morgan fingerprint density at radius 1 is 1.04 bits per heavy atom. The van der Waals surface area contributed by atoms with Crippen LogP contribution in [0.25, 0.3) is 0 Å². The van der Waals surface area contributed by atoms with Crippen molar-refractivity contribution in [1.82, 2.24) is 5.32 Å². The van der Waals surface area contributed by atoms with E-state index in [1.165, 1.54) is 14.2 Å². The molecule has 2 rings (SSSR count). The molecule has 0 spiro atoms. The molecule has 0 aliphatic carbocycles. The lowest BCUT2D eigenvalue weighted by Gasteiger charge is -2.16. The molecule has 7 heteroatoms. The van der Waals surface area contributed by atoms with Crippen LogP contribution >= 0.6 is 0 Å². The van der Waals surface area contributed by atoms with Crippen LogP contribution in [0.5, 0.6) is 11.5 Å². The summed E-state index contributed by atoms with van der Waals surface area (Å²) in [5.74, 6) is 0.648. The second kappa shape index (κ2) is 9.31. The highest BCUT2D eigenvalue weighted by molar-refractivity contribution is 5.97. The molecule has 138 valence electrons. The Hall–Kier alpha value is -3.22. The average molecular weight is 358 g/mol. The highest BCUT2D eigenvalue weighted by atomic mass is 16.5. The predicted octanol–water partition coefficient (Wildman–Crippen LogP) is 2.96. The number of hydrogen-bond acceptors (Lipinski definition) is 5. The first kappa shape index (κ1) is 19.1. The Kier molecular flexibility index (Phi) is 6.84. The molecule has 2 amide bonds. The first-order valence-electron chi connectivity index (χ1n) is 8.03. The Bertz CT molecular complexity index is 749. The van der Waals surface area contributed by atoms with Crippen molar-refractivity contribution in [2.45, 2.75) is 19.6 Å². The fourth-order valence-electron chi connectivity index (χ4n) is 2.16. The zero-order chi connectivity index (χ0) is 18.9. The van der Waals surface area contributed by atoms with Gasteiger partial charge in [-0.05, 0) is 24.6 Å². The van der Waals surface area contributed by atoms with Gasteiger partial charge in [0.15, 0.2) is 0 Å². The molecule has 0 aromatic heterocycles. The fourth-order valence-corrected chi connectivity index (χ4v) is 2.16. The van der Waals surface area contributed by atoms with Crippen molar-refractivity contribution < 1.29 is 23.8 Å². The Morgan fingerprint density at radius 3 is 2.42 bits per heavy atom. The number of ether oxygens (including phenoxy) is 3. The Labute approximate surface area is 152 Å². The molecule has 0 aliphatic rings. The van der Waals surface area contributed by atoms with Crippen LogP contribution in [-0.4, -0.2) is 32.3 Å². The maximum absolute atomic E-state index is 12.3. The summed E-state index contributed by atoms with van der Waals surface area (Å²) >= 11 is 0. The highest BCUT2D eigenvalue weighted by Gasteiger charge is 2.18. The van der Waals surface area contributed by atoms with Crippen LogP contribution in [0.2, 0.25) is 0 Å². The first-order chi connectivity index (χ1) is 12.5. The van der Waals surface area contributed by atoms with Gasteiger partial charge in [-0.15, -0.1) is 0 Å². The van der Waals surface area contributed by atoms with Crippen molar-refractivity contribution in [3.05, 3.63) is 54.1 Å². The van der Waals surface area contributed by atoms with Crippen LogP contribution < -0.4 is 20.1 Å². The van der Waals surface area contributed by atoms with Crippen molar-refractivity contribution >= 4 is 17.7 Å². The van der Waals surface area contributed by atoms with E-state index >= 15 is 0 Å². The van der Waals surface area contributed by atoms with Crippen LogP contribution in [-0.2, 0) is 16.1 Å². The molecule has 0 radical (unpaired) electrons. The highest BCUT2D eigenvalue weighted by Crippen LogP contribution is 2.28. The SMILES string of the molecule is COc1ccc(OC)c(NC(=O)[C@H](C)NC(=O)OCc2ccccc2)c1. The number of amides is 2. The van der Waals surface area contributed by atoms with Crippen LogP contribution in [0.4, 0.5) is 10.5 Å². The molecular formula is C19H22N2O5. The molecule has 1 atom stereocenters. The molecule has 2 aromatic rings. The monoisotopic (exact) mass is 358 g/mol. The quantitative estimate of drug-likeness (QED) is 0.795. The second-order valence-electron chi connectivity index (χ2n) is 5.48. The van der Waals surface area contributed by atoms with Gasteiger partial charge in [0.2, 0.25) is 5.91 Å². The molecule has 0 unspecified atom stereocenters. The Morgan fingerprint density at radius 2 is 1.77 bits per heavy atom. The molecule has 0 saturated heterocycles. The van der Waals surface area contributed by atoms with E-state index in [0.717, 1.165) is 5.56 Å². The normalized spacial score (nSPS) is 11.2. The van der Waals surface area contributed by atoms with Crippen LogP contribution in [0, 0.1) is 0 Å². The van der Waals surface area contributed by atoms with E-state index in [9.17, 15) is 9.59 Å². The molecule has 0 bridgehead atoms. The lowest BCUT2D eigenvalue weighted by molar-refractivity contribution is -0.117. The van der Waals surface area contributed by atoms with Crippen molar-refractivity contribution in [3.63, 3.8) is 0 Å². The number of alkyl carbamates (subject to hydrolysis) is 1. The molecule has 7 nitrogen and oxygen atoms in total. The maximum Gasteiger partial charge on any atom is 0.408 e. The minimum absolute atomic E-state index is 0.130. The lowest BCUT2D eigenvalue weighted by atomic mass is 10.2. The number of anilines is 1. The van der Waals surface area contributed by atoms with Gasteiger partial charge in [0.1, 0.15) is 24.1 Å². The van der Waals surface area contributed by atoms with E-state index in [2.05, 4.69) is 10.6 Å². The number of hydrogen-bond donors (Lipinski definition) is 2. The van der Waals surface area contributed by atoms with Crippen molar-refractivity contribution in [2.75, 3.05) is 19.5 Å². The number of methoxy groups -OCH3 is 2. The number of carbonyl (C=O) groups excluding carboxylic acids is 2. The largest absolute Gasteiger partial charge is 0.497 e. The van der Waals surface area contributed by atoms with E-state index in [-0.39, 0.29) is 6.61 Å². The third-order valence-corrected chi connectivity index (χ3v) is 3.60. The molecule has 26 heavy (non-hydrogen) atoms. The van der Waals surface area contributed by atoms with Gasteiger partial charge in [0.05, 0.1) is 19.9 Å². The number of rotatable bonds is 7. The van der Waals surface area contributed by atoms with E-state index in [0.29, 0.717) is 17.2 Å². The fraction of sp³-hybridized carbons (Fsp3) is 0.263. The van der Waals surface area contributed by atoms with Crippen LogP contribution in [0.15, 0.2) is 48.5 Å². The standard InChI is InChI=1S/C19H22N2O5/c1-13(20-19(23)26-12-14-7-5-4-6-8-14)18(22)21-16-11-15(24-2)9-10-17(16)25-3/h4-11,13H,12H2,1-3H3,(H,20,23)(H,21,22)/t13-/m0/s1. The summed E-state index contributed by atoms with van der Waals surface area (Å²) in [5.41, 5.74) is 1.31. The third-order valence-electron chi connectivity index (χ3n) is 3.60. The van der Waals surface area contributed by atoms with Gasteiger partial charge in [-0.2, -0.15) is 0 Å². The molecule has 0 heterocycles. The van der Waals surface area contributed by atoms with E-state index in [1.54, 1.807) is 25.1 Å². The number of benzene rings is 2. The van der Waals surface area contributed by atoms with Crippen molar-refractivity contribution in [2.24, 2.45) is 0 Å². The van der Waals surface area contributed by atoms with Gasteiger partial charge >= 0.3 is 6.09 Å². The average Bonchev–Trinajstić information content (AvgIpc) is 2.67. The maximum atomic E-state index is 12.3. The predicted molar refractivity (Wildman–Crippen MR) is 97.4 cm³/mol. The van der Waals surface area contributed by atoms with Gasteiger partial charge in [-0.3, -0.25) is 4.79 Å². The van der Waals surface area contributed by atoms with E-state index in [1.807, 2.05) is 30.3 Å². The minimum Gasteiger partial charge on any atom is -0.497 e. The van der Waals surface area contributed by atoms with E-state index in [4.69, 9.17) is 14.2 Å². The van der Waals surface area contributed by atoms with Crippen LogP contribution in [0.3, 0.4) is 0 Å². The van der Waals surface area contributed by atoms with Gasteiger partial charge in [-0.25, -0.2) is 4.79 Å². The van der Waals surface area contributed by atoms with Gasteiger partial charge in [-0.1, -0.05) is 30.3 Å². The van der Waals surface area contributed by atoms with E-state index < -0.39 is 18.0 Å². The van der Waals surface area contributed by atoms with Gasteiger partial charge < -0.3 is 24.8 Å². The smallest absolute Gasteiger partial charge is 0.408 e. The summed E-state index contributed by atoms with van der Waals surface area (Å²) in [7, 11) is 3.03. The first-order valence-corrected chi connectivity index (χ1v) is 8.03. The van der Waals surface area contributed by atoms with Gasteiger partial charge in [0.25, 0.3) is 0 Å². The summed E-state index contributed by atoms with van der Waals surface area (Å²) in [5, 5.41) is 5.19. The zero-order valence-electron chi connectivity index (χ0n) is 14.9. The summed E-state index contributed by atoms with van der Waals surface area (Å²) in [4.78, 5) is 24.2. The van der Waals surface area contributed by atoms with Gasteiger partial charge in [0, 0.05) is 6.07 Å². The molecule has 2 aromatic carbocycles. The third kappa shape index (κ3) is 5.41. The zero-order valence-corrected chi connectivity index (χ0v) is 14.9. The summed E-state index contributed by atoms with van der Waals surface area (Å²) in [6, 6.07) is 13.5. The molecule has 0 aliphatic heterocycles. The molecular weight excluding hydrogens is 336 g/mol.